The van der Waals surface area contributed by atoms with Crippen LogP contribution in [0.25, 0.3) is 11.1 Å². The van der Waals surface area contributed by atoms with Gasteiger partial charge in [0.2, 0.25) is 0 Å². The molecular weight excluding hydrogens is 275 g/mol. The molecule has 3 rings (SSSR count). The largest absolute Gasteiger partial charge is 0.458 e. The van der Waals surface area contributed by atoms with E-state index in [0.29, 0.717) is 5.56 Å². The summed E-state index contributed by atoms with van der Waals surface area (Å²) >= 11 is 0. The van der Waals surface area contributed by atoms with E-state index in [4.69, 9.17) is 0 Å². The van der Waals surface area contributed by atoms with E-state index < -0.39 is 17.7 Å². The predicted molar refractivity (Wildman–Crippen MR) is 64.6 cm³/mol. The van der Waals surface area contributed by atoms with Crippen LogP contribution in [0.3, 0.4) is 0 Å². The summed E-state index contributed by atoms with van der Waals surface area (Å²) in [6.45, 7) is 0. The van der Waals surface area contributed by atoms with E-state index in [1.165, 1.54) is 6.07 Å². The molecule has 0 saturated carbocycles. The van der Waals surface area contributed by atoms with Crippen molar-refractivity contribution < 1.29 is 22.0 Å². The average Bonchev–Trinajstić information content (AvgIpc) is 2.75. The smallest absolute Gasteiger partial charge is 0.191 e. The number of hydrogen-bond acceptors (Lipinski definition) is 0. The van der Waals surface area contributed by atoms with Crippen molar-refractivity contribution in [2.75, 3.05) is 0 Å². The Morgan fingerprint density at radius 2 is 1.40 bits per heavy atom. The Morgan fingerprint density at radius 1 is 0.750 bits per heavy atom. The molecule has 2 aromatic carbocycles. The molecule has 1 aliphatic rings. The Hall–Kier alpha value is -1.91. The fourth-order valence-electron chi connectivity index (χ4n) is 2.60. The molecule has 0 radical (unpaired) electrons. The van der Waals surface area contributed by atoms with Crippen LogP contribution in [0.5, 0.6) is 0 Å². The maximum atomic E-state index is 13.6. The average molecular weight is 284 g/mol. The minimum atomic E-state index is -5.59. The zero-order valence-electron chi connectivity index (χ0n) is 10.1. The molecule has 0 spiro atoms. The summed E-state index contributed by atoms with van der Waals surface area (Å²) in [7, 11) is 0. The van der Waals surface area contributed by atoms with Crippen molar-refractivity contribution in [3.63, 3.8) is 0 Å². The molecule has 0 nitrogen and oxygen atoms in total. The van der Waals surface area contributed by atoms with Gasteiger partial charge in [0.15, 0.2) is 0 Å². The van der Waals surface area contributed by atoms with Gasteiger partial charge in [-0.25, -0.2) is 0 Å². The van der Waals surface area contributed by atoms with Gasteiger partial charge in [-0.1, -0.05) is 42.5 Å². The first-order valence-corrected chi connectivity index (χ1v) is 5.97. The van der Waals surface area contributed by atoms with Crippen LogP contribution in [-0.4, -0.2) is 6.18 Å². The SMILES string of the molecule is FC(F)(F)C(F)(F)c1cccc2c1Cc1ccccc1-2. The van der Waals surface area contributed by atoms with Crippen molar-refractivity contribution in [3.8, 4) is 11.1 Å². The number of rotatable bonds is 1. The Kier molecular flexibility index (Phi) is 2.64. The minimum absolute atomic E-state index is 0.0658. The van der Waals surface area contributed by atoms with Crippen LogP contribution in [0.1, 0.15) is 16.7 Å². The lowest BCUT2D eigenvalue weighted by Gasteiger charge is -2.22. The minimum Gasteiger partial charge on any atom is -0.191 e. The summed E-state index contributed by atoms with van der Waals surface area (Å²) in [6.07, 6.45) is -5.48. The number of fused-ring (bicyclic) bond motifs is 3. The van der Waals surface area contributed by atoms with Crippen LogP contribution >= 0.6 is 0 Å². The lowest BCUT2D eigenvalue weighted by atomic mass is 9.96. The number of hydrogen-bond donors (Lipinski definition) is 0. The van der Waals surface area contributed by atoms with Crippen molar-refractivity contribution in [1.29, 1.82) is 0 Å². The quantitative estimate of drug-likeness (QED) is 0.557. The Labute approximate surface area is 111 Å². The second-order valence-corrected chi connectivity index (χ2v) is 4.74. The highest BCUT2D eigenvalue weighted by Crippen LogP contribution is 2.49. The molecule has 0 saturated heterocycles. The van der Waals surface area contributed by atoms with Crippen LogP contribution in [0.4, 0.5) is 22.0 Å². The monoisotopic (exact) mass is 284 g/mol. The van der Waals surface area contributed by atoms with E-state index in [1.807, 2.05) is 0 Å². The van der Waals surface area contributed by atoms with Gasteiger partial charge in [0.25, 0.3) is 0 Å². The van der Waals surface area contributed by atoms with Gasteiger partial charge in [0, 0.05) is 5.56 Å². The first kappa shape index (κ1) is 13.1. The first-order chi connectivity index (χ1) is 9.32. The second kappa shape index (κ2) is 4.04. The zero-order chi connectivity index (χ0) is 14.5. The third-order valence-corrected chi connectivity index (χ3v) is 3.55. The van der Waals surface area contributed by atoms with Crippen molar-refractivity contribution >= 4 is 0 Å². The van der Waals surface area contributed by atoms with Crippen molar-refractivity contribution in [2.24, 2.45) is 0 Å². The summed E-state index contributed by atoms with van der Waals surface area (Å²) in [4.78, 5) is 0. The van der Waals surface area contributed by atoms with Crippen molar-refractivity contribution in [2.45, 2.75) is 18.5 Å². The molecule has 0 aromatic heterocycles. The molecular formula is C15H9F5. The lowest BCUT2D eigenvalue weighted by Crippen LogP contribution is -2.34. The van der Waals surface area contributed by atoms with Crippen LogP contribution in [0.15, 0.2) is 42.5 Å². The highest BCUT2D eigenvalue weighted by Gasteiger charge is 2.59. The standard InChI is InChI=1S/C15H9F5/c16-14(17,15(18,19)20)13-7-3-6-11-10-5-2-1-4-9(10)8-12(11)13/h1-7H,8H2. The lowest BCUT2D eigenvalue weighted by molar-refractivity contribution is -0.289. The molecule has 0 aliphatic heterocycles. The fourth-order valence-corrected chi connectivity index (χ4v) is 2.60. The molecule has 1 aliphatic carbocycles. The fraction of sp³-hybridized carbons (Fsp3) is 0.200. The number of alkyl halides is 5. The number of halogens is 5. The molecule has 0 amide bonds. The highest BCUT2D eigenvalue weighted by molar-refractivity contribution is 5.78. The normalized spacial score (nSPS) is 14.1. The molecule has 0 bridgehead atoms. The summed E-state index contributed by atoms with van der Waals surface area (Å²) in [5.74, 6) is -4.83. The highest BCUT2D eigenvalue weighted by atomic mass is 19.4. The van der Waals surface area contributed by atoms with Crippen molar-refractivity contribution in [1.82, 2.24) is 0 Å². The van der Waals surface area contributed by atoms with Gasteiger partial charge in [-0.05, 0) is 28.7 Å². The second-order valence-electron chi connectivity index (χ2n) is 4.74. The van der Waals surface area contributed by atoms with Crippen LogP contribution < -0.4 is 0 Å². The molecule has 2 aromatic rings. The van der Waals surface area contributed by atoms with E-state index in [2.05, 4.69) is 0 Å². The van der Waals surface area contributed by atoms with Crippen molar-refractivity contribution in [3.05, 3.63) is 59.2 Å². The van der Waals surface area contributed by atoms with E-state index in [9.17, 15) is 22.0 Å². The van der Waals surface area contributed by atoms with Gasteiger partial charge in [0.1, 0.15) is 0 Å². The molecule has 104 valence electrons. The van der Waals surface area contributed by atoms with Crippen LogP contribution in [-0.2, 0) is 12.3 Å². The maximum Gasteiger partial charge on any atom is 0.458 e. The van der Waals surface area contributed by atoms with Gasteiger partial charge in [-0.2, -0.15) is 22.0 Å². The molecule has 0 unspecified atom stereocenters. The van der Waals surface area contributed by atoms with E-state index in [-0.39, 0.29) is 12.0 Å². The van der Waals surface area contributed by atoms with Gasteiger partial charge in [0.05, 0.1) is 0 Å². The van der Waals surface area contributed by atoms with Gasteiger partial charge < -0.3 is 0 Å². The summed E-state index contributed by atoms with van der Waals surface area (Å²) in [6, 6.07) is 10.6. The van der Waals surface area contributed by atoms with E-state index in [1.54, 1.807) is 30.3 Å². The van der Waals surface area contributed by atoms with E-state index in [0.717, 1.165) is 17.2 Å². The molecule has 5 heteroatoms. The zero-order valence-corrected chi connectivity index (χ0v) is 10.1. The molecule has 0 atom stereocenters. The molecule has 0 fully saturated rings. The first-order valence-electron chi connectivity index (χ1n) is 5.97. The van der Waals surface area contributed by atoms with E-state index >= 15 is 0 Å². The molecule has 20 heavy (non-hydrogen) atoms. The van der Waals surface area contributed by atoms with Gasteiger partial charge >= 0.3 is 12.1 Å². The Balaban J connectivity index is 2.20. The molecule has 0 N–H and O–H groups in total. The van der Waals surface area contributed by atoms with Crippen LogP contribution in [0.2, 0.25) is 0 Å². The Bertz CT molecular complexity index is 670. The summed E-state index contributed by atoms with van der Waals surface area (Å²) < 4.78 is 64.9. The van der Waals surface area contributed by atoms with Gasteiger partial charge in [-0.15, -0.1) is 0 Å². The third-order valence-electron chi connectivity index (χ3n) is 3.55. The molecule has 0 heterocycles. The predicted octanol–water partition coefficient (Wildman–Crippen LogP) is 4.91. The summed E-state index contributed by atoms with van der Waals surface area (Å²) in [5.41, 5.74) is 1.08. The topological polar surface area (TPSA) is 0 Å². The van der Waals surface area contributed by atoms with Gasteiger partial charge in [-0.3, -0.25) is 0 Å². The third kappa shape index (κ3) is 1.72. The Morgan fingerprint density at radius 3 is 2.10 bits per heavy atom. The van der Waals surface area contributed by atoms with Crippen LogP contribution in [0, 0.1) is 0 Å². The maximum absolute atomic E-state index is 13.6. The summed E-state index contributed by atoms with van der Waals surface area (Å²) in [5, 5.41) is 0. The number of benzene rings is 2.